The summed E-state index contributed by atoms with van der Waals surface area (Å²) in [7, 11) is 0. The molecule has 6 nitrogen and oxygen atoms in total. The maximum atomic E-state index is 13.9. The van der Waals surface area contributed by atoms with Gasteiger partial charge in [0.25, 0.3) is 5.56 Å². The van der Waals surface area contributed by atoms with Gasteiger partial charge in [-0.3, -0.25) is 14.4 Å². The molecule has 31 heavy (non-hydrogen) atoms. The monoisotopic (exact) mass is 446 g/mol. The van der Waals surface area contributed by atoms with E-state index in [-0.39, 0.29) is 28.5 Å². The van der Waals surface area contributed by atoms with Gasteiger partial charge in [-0.2, -0.15) is 5.26 Å². The van der Waals surface area contributed by atoms with Crippen molar-refractivity contribution in [3.05, 3.63) is 39.7 Å². The van der Waals surface area contributed by atoms with Crippen molar-refractivity contribution in [1.29, 1.82) is 5.26 Å². The zero-order valence-corrected chi connectivity index (χ0v) is 20.2. The molecule has 0 saturated carbocycles. The molecule has 0 aromatic carbocycles. The van der Waals surface area contributed by atoms with E-state index in [1.54, 1.807) is 0 Å². The van der Waals surface area contributed by atoms with Crippen LogP contribution < -0.4 is 5.56 Å². The Morgan fingerprint density at radius 1 is 1.42 bits per heavy atom. The van der Waals surface area contributed by atoms with E-state index in [0.29, 0.717) is 23.9 Å². The fourth-order valence-electron chi connectivity index (χ4n) is 3.11. The summed E-state index contributed by atoms with van der Waals surface area (Å²) < 4.78 is 21.3. The Hall–Kier alpha value is -2.24. The van der Waals surface area contributed by atoms with Crippen molar-refractivity contribution in [3.8, 4) is 6.07 Å². The summed E-state index contributed by atoms with van der Waals surface area (Å²) >= 11 is 1.45. The summed E-state index contributed by atoms with van der Waals surface area (Å²) in [5.74, 6) is 0.506. The fourth-order valence-corrected chi connectivity index (χ4v) is 4.17. The lowest BCUT2D eigenvalue weighted by Crippen LogP contribution is -2.36. The van der Waals surface area contributed by atoms with Crippen molar-refractivity contribution in [2.75, 3.05) is 12.4 Å². The first kappa shape index (κ1) is 25.0. The van der Waals surface area contributed by atoms with E-state index in [4.69, 9.17) is 4.74 Å². The lowest BCUT2D eigenvalue weighted by Gasteiger charge is -2.28. The Labute approximate surface area is 187 Å². The standard InChI is InChI=1S/C23H31FN4O2S/c1-14(10-26-19(15(2)24)22(3,4)5)18-17(9-25)20(29)28-11-16(12-30-23(6,7)8)13-31-21(28)27-18/h10,16H,1,11-13H2,2-8H3/b19-15+,26-10-. The van der Waals surface area contributed by atoms with E-state index >= 15 is 0 Å². The van der Waals surface area contributed by atoms with Crippen molar-refractivity contribution in [2.45, 2.75) is 65.8 Å². The molecule has 0 spiro atoms. The second kappa shape index (κ2) is 9.49. The van der Waals surface area contributed by atoms with Gasteiger partial charge in [-0.1, -0.05) is 39.1 Å². The number of aliphatic imine (C=N–C) groups is 1. The maximum absolute atomic E-state index is 13.9. The van der Waals surface area contributed by atoms with E-state index in [9.17, 15) is 14.4 Å². The molecule has 1 aliphatic rings. The summed E-state index contributed by atoms with van der Waals surface area (Å²) in [6, 6.07) is 1.96. The minimum absolute atomic E-state index is 0.0866. The number of ether oxygens (including phenoxy) is 1. The largest absolute Gasteiger partial charge is 0.375 e. The fraction of sp³-hybridized carbons (Fsp3) is 0.565. The molecule has 8 heteroatoms. The molecule has 2 heterocycles. The molecule has 1 aliphatic heterocycles. The number of allylic oxidation sites excluding steroid dienone is 3. The van der Waals surface area contributed by atoms with Crippen molar-refractivity contribution in [3.63, 3.8) is 0 Å². The maximum Gasteiger partial charge on any atom is 0.272 e. The van der Waals surface area contributed by atoms with Crippen LogP contribution in [-0.4, -0.2) is 33.7 Å². The van der Waals surface area contributed by atoms with Gasteiger partial charge in [0, 0.05) is 35.4 Å². The molecule has 1 unspecified atom stereocenters. The van der Waals surface area contributed by atoms with Gasteiger partial charge in [-0.05, 0) is 27.7 Å². The minimum Gasteiger partial charge on any atom is -0.375 e. The SMILES string of the molecule is C=C(/C=N\C(=C(/C)F)C(C)(C)C)c1nc2n(c(=O)c1C#N)CC(COC(C)(C)C)CS2. The Balaban J connectivity index is 2.37. The van der Waals surface area contributed by atoms with Gasteiger partial charge < -0.3 is 4.74 Å². The van der Waals surface area contributed by atoms with Crippen LogP contribution in [0.5, 0.6) is 0 Å². The second-order valence-corrected chi connectivity index (χ2v) is 10.6. The second-order valence-electron chi connectivity index (χ2n) is 9.66. The molecule has 168 valence electrons. The van der Waals surface area contributed by atoms with E-state index in [1.165, 1.54) is 29.5 Å². The lowest BCUT2D eigenvalue weighted by molar-refractivity contribution is -0.0220. The van der Waals surface area contributed by atoms with Crippen molar-refractivity contribution in [1.82, 2.24) is 9.55 Å². The minimum atomic E-state index is -0.503. The van der Waals surface area contributed by atoms with Crippen LogP contribution in [0.25, 0.3) is 5.57 Å². The van der Waals surface area contributed by atoms with Gasteiger partial charge in [0.1, 0.15) is 17.5 Å². The zero-order chi connectivity index (χ0) is 23.6. The lowest BCUT2D eigenvalue weighted by atomic mass is 9.91. The van der Waals surface area contributed by atoms with Gasteiger partial charge in [0.15, 0.2) is 5.16 Å². The number of aromatic nitrogens is 2. The van der Waals surface area contributed by atoms with Crippen molar-refractivity contribution >= 4 is 23.5 Å². The van der Waals surface area contributed by atoms with Gasteiger partial charge in [-0.15, -0.1) is 0 Å². The summed E-state index contributed by atoms with van der Waals surface area (Å²) in [6.07, 6.45) is 1.37. The van der Waals surface area contributed by atoms with Crippen LogP contribution in [0.4, 0.5) is 4.39 Å². The summed E-state index contributed by atoms with van der Waals surface area (Å²) in [5, 5.41) is 10.2. The van der Waals surface area contributed by atoms with Gasteiger partial charge in [0.05, 0.1) is 23.6 Å². The predicted octanol–water partition coefficient (Wildman–Crippen LogP) is 4.98. The van der Waals surface area contributed by atoms with E-state index in [0.717, 1.165) is 5.75 Å². The van der Waals surface area contributed by atoms with Crippen LogP contribution in [0.2, 0.25) is 0 Å². The molecule has 0 saturated heterocycles. The number of hydrogen-bond donors (Lipinski definition) is 0. The molecule has 0 amide bonds. The Bertz CT molecular complexity index is 1020. The van der Waals surface area contributed by atoms with Gasteiger partial charge >= 0.3 is 0 Å². The van der Waals surface area contributed by atoms with Crippen LogP contribution in [0.15, 0.2) is 33.0 Å². The molecule has 0 N–H and O–H groups in total. The van der Waals surface area contributed by atoms with Crippen molar-refractivity contribution < 1.29 is 9.13 Å². The third-order valence-corrected chi connectivity index (χ3v) is 5.79. The van der Waals surface area contributed by atoms with Crippen LogP contribution in [-0.2, 0) is 11.3 Å². The molecule has 1 aromatic rings. The highest BCUT2D eigenvalue weighted by Gasteiger charge is 2.27. The molecular formula is C23H31FN4O2S. The highest BCUT2D eigenvalue weighted by atomic mass is 32.2. The van der Waals surface area contributed by atoms with Crippen LogP contribution >= 0.6 is 11.8 Å². The zero-order valence-electron chi connectivity index (χ0n) is 19.4. The number of thioether (sulfide) groups is 1. The molecule has 0 radical (unpaired) electrons. The Kier molecular flexibility index (Phi) is 7.66. The van der Waals surface area contributed by atoms with Gasteiger partial charge in [-0.25, -0.2) is 9.37 Å². The number of nitrogens with zero attached hydrogens (tertiary/aromatic N) is 4. The van der Waals surface area contributed by atoms with Crippen LogP contribution in [0.1, 0.15) is 59.7 Å². The quantitative estimate of drug-likeness (QED) is 0.470. The summed E-state index contributed by atoms with van der Waals surface area (Å²) in [4.78, 5) is 21.8. The number of rotatable bonds is 5. The van der Waals surface area contributed by atoms with E-state index < -0.39 is 16.8 Å². The smallest absolute Gasteiger partial charge is 0.272 e. The Morgan fingerprint density at radius 2 is 2.06 bits per heavy atom. The molecule has 2 rings (SSSR count). The van der Waals surface area contributed by atoms with Gasteiger partial charge in [0.2, 0.25) is 0 Å². The third-order valence-electron chi connectivity index (χ3n) is 4.58. The van der Waals surface area contributed by atoms with Crippen molar-refractivity contribution in [2.24, 2.45) is 16.3 Å². The highest BCUT2D eigenvalue weighted by Crippen LogP contribution is 2.31. The van der Waals surface area contributed by atoms with Crippen LogP contribution in [0.3, 0.4) is 0 Å². The molecule has 0 fully saturated rings. The number of nitriles is 1. The number of halogens is 1. The first-order valence-corrected chi connectivity index (χ1v) is 11.1. The molecular weight excluding hydrogens is 415 g/mol. The number of fused-ring (bicyclic) bond motifs is 1. The van der Waals surface area contributed by atoms with E-state index in [2.05, 4.69) is 16.6 Å². The average molecular weight is 447 g/mol. The first-order valence-electron chi connectivity index (χ1n) is 10.2. The molecule has 1 aromatic heterocycles. The molecule has 0 bridgehead atoms. The van der Waals surface area contributed by atoms with Crippen LogP contribution in [0, 0.1) is 22.7 Å². The predicted molar refractivity (Wildman–Crippen MR) is 124 cm³/mol. The molecule has 0 aliphatic carbocycles. The number of hydrogen-bond acceptors (Lipinski definition) is 6. The third kappa shape index (κ3) is 6.37. The topological polar surface area (TPSA) is 80.3 Å². The highest BCUT2D eigenvalue weighted by molar-refractivity contribution is 7.99. The first-order chi connectivity index (χ1) is 14.2. The summed E-state index contributed by atoms with van der Waals surface area (Å²) in [5.41, 5.74) is -0.502. The normalized spacial score (nSPS) is 17.8. The molecule has 1 atom stereocenters. The average Bonchev–Trinajstić information content (AvgIpc) is 2.64. The van der Waals surface area contributed by atoms with E-state index in [1.807, 2.05) is 47.6 Å². The Morgan fingerprint density at radius 3 is 2.58 bits per heavy atom. The summed E-state index contributed by atoms with van der Waals surface area (Å²) in [6.45, 7) is 17.8.